The average Bonchev–Trinajstić information content (AvgIpc) is 2.74. The van der Waals surface area contributed by atoms with Crippen molar-refractivity contribution in [2.75, 3.05) is 32.7 Å². The molecule has 0 fully saturated rings. The van der Waals surface area contributed by atoms with Crippen LogP contribution in [-0.4, -0.2) is 54.1 Å². The largest absolute Gasteiger partial charge is 0.495 e. The summed E-state index contributed by atoms with van der Waals surface area (Å²) in [5.74, 6) is 0.290. The number of hydrogen-bond donors (Lipinski definition) is 1. The molecule has 1 aliphatic heterocycles. The third-order valence-corrected chi connectivity index (χ3v) is 5.01. The molecule has 3 rings (SSSR count). The minimum atomic E-state index is -0.474. The minimum absolute atomic E-state index is 0.241. The average molecular weight is 451 g/mol. The normalized spacial score (nSPS) is 12.7. The van der Waals surface area contributed by atoms with E-state index in [1.807, 2.05) is 0 Å². The maximum atomic E-state index is 12.5. The van der Waals surface area contributed by atoms with E-state index >= 15 is 0 Å². The Morgan fingerprint density at radius 2 is 1.94 bits per heavy atom. The quantitative estimate of drug-likeness (QED) is 0.716. The number of rotatable bonds is 6. The van der Waals surface area contributed by atoms with Gasteiger partial charge >= 0.3 is 6.09 Å². The fourth-order valence-corrected chi connectivity index (χ4v) is 3.45. The van der Waals surface area contributed by atoms with Gasteiger partial charge in [0.05, 0.1) is 43.8 Å². The first-order chi connectivity index (χ1) is 14.9. The topological polar surface area (TPSA) is 112 Å². The molecule has 166 valence electrons. The van der Waals surface area contributed by atoms with Crippen LogP contribution in [0.2, 0.25) is 5.02 Å². The number of benzene rings is 1. The highest BCUT2D eigenvalue weighted by atomic mass is 35.5. The molecule has 2 amide bonds. The van der Waals surface area contributed by atoms with E-state index < -0.39 is 17.6 Å². The Labute approximate surface area is 183 Å². The van der Waals surface area contributed by atoms with Gasteiger partial charge in [-0.05, 0) is 13.0 Å². The number of hydrogen-bond acceptors (Lipinski definition) is 7. The van der Waals surface area contributed by atoms with Crippen molar-refractivity contribution in [1.82, 2.24) is 14.7 Å². The number of amides is 2. The molecule has 10 nitrogen and oxygen atoms in total. The second kappa shape index (κ2) is 9.69. The van der Waals surface area contributed by atoms with E-state index in [2.05, 4.69) is 10.4 Å². The number of aromatic nitrogens is 2. The van der Waals surface area contributed by atoms with Gasteiger partial charge in [-0.3, -0.25) is 9.59 Å². The van der Waals surface area contributed by atoms with Crippen LogP contribution in [0.4, 0.5) is 10.5 Å². The first-order valence-corrected chi connectivity index (χ1v) is 9.97. The molecule has 1 aromatic carbocycles. The van der Waals surface area contributed by atoms with Crippen LogP contribution >= 0.6 is 11.6 Å². The van der Waals surface area contributed by atoms with Crippen molar-refractivity contribution in [3.63, 3.8) is 0 Å². The molecule has 11 heteroatoms. The van der Waals surface area contributed by atoms with E-state index in [0.717, 1.165) is 4.68 Å². The summed E-state index contributed by atoms with van der Waals surface area (Å²) in [5.41, 5.74) is 1.20. The minimum Gasteiger partial charge on any atom is -0.495 e. The lowest BCUT2D eigenvalue weighted by atomic mass is 10.1. The summed E-state index contributed by atoms with van der Waals surface area (Å²) in [6.07, 6.45) is 0.0293. The van der Waals surface area contributed by atoms with Crippen molar-refractivity contribution < 1.29 is 23.8 Å². The van der Waals surface area contributed by atoms with Crippen LogP contribution in [0.1, 0.15) is 18.2 Å². The third-order valence-electron chi connectivity index (χ3n) is 4.71. The fourth-order valence-electron chi connectivity index (χ4n) is 3.21. The molecule has 0 radical (unpaired) electrons. The molecule has 0 saturated heterocycles. The monoisotopic (exact) mass is 450 g/mol. The van der Waals surface area contributed by atoms with Crippen molar-refractivity contribution >= 4 is 29.3 Å². The number of carbonyl (C=O) groups excluding carboxylic acids is 2. The van der Waals surface area contributed by atoms with Gasteiger partial charge in [0.1, 0.15) is 18.0 Å². The zero-order valence-corrected chi connectivity index (χ0v) is 18.2. The zero-order valence-electron chi connectivity index (χ0n) is 17.4. The van der Waals surface area contributed by atoms with E-state index in [4.69, 9.17) is 25.8 Å². The van der Waals surface area contributed by atoms with Gasteiger partial charge in [-0.15, -0.1) is 0 Å². The Balaban J connectivity index is 1.74. The van der Waals surface area contributed by atoms with Crippen LogP contribution in [0.15, 0.2) is 23.0 Å². The van der Waals surface area contributed by atoms with Gasteiger partial charge < -0.3 is 24.4 Å². The molecular weight excluding hydrogens is 428 g/mol. The van der Waals surface area contributed by atoms with Crippen LogP contribution < -0.4 is 20.3 Å². The molecule has 0 unspecified atom stereocenters. The molecule has 1 aromatic heterocycles. The summed E-state index contributed by atoms with van der Waals surface area (Å²) < 4.78 is 16.5. The van der Waals surface area contributed by atoms with Crippen molar-refractivity contribution in [2.24, 2.45) is 0 Å². The van der Waals surface area contributed by atoms with Crippen LogP contribution in [0.3, 0.4) is 0 Å². The van der Waals surface area contributed by atoms with Crippen LogP contribution in [0.5, 0.6) is 11.5 Å². The predicted molar refractivity (Wildman–Crippen MR) is 113 cm³/mol. The molecule has 0 bridgehead atoms. The van der Waals surface area contributed by atoms with Crippen molar-refractivity contribution in [1.29, 1.82) is 0 Å². The highest BCUT2D eigenvalue weighted by molar-refractivity contribution is 6.32. The fraction of sp³-hybridized carbons (Fsp3) is 0.400. The molecule has 0 atom stereocenters. The lowest BCUT2D eigenvalue weighted by Crippen LogP contribution is -2.39. The first kappa shape index (κ1) is 22.4. The summed E-state index contributed by atoms with van der Waals surface area (Å²) in [5, 5.41) is 7.28. The number of halogens is 1. The summed E-state index contributed by atoms with van der Waals surface area (Å²) >= 11 is 6.12. The maximum Gasteiger partial charge on any atom is 0.410 e. The second-order valence-electron chi connectivity index (χ2n) is 6.72. The van der Waals surface area contributed by atoms with Crippen molar-refractivity contribution in [2.45, 2.75) is 26.4 Å². The third kappa shape index (κ3) is 5.08. The highest BCUT2D eigenvalue weighted by Gasteiger charge is 2.24. The summed E-state index contributed by atoms with van der Waals surface area (Å²) in [4.78, 5) is 38.4. The molecule has 2 aromatic rings. The molecule has 0 aliphatic carbocycles. The molecule has 1 aliphatic rings. The molecule has 2 heterocycles. The summed E-state index contributed by atoms with van der Waals surface area (Å²) in [6.45, 7) is 2.38. The van der Waals surface area contributed by atoms with Gasteiger partial charge in [-0.1, -0.05) is 11.6 Å². The lowest BCUT2D eigenvalue weighted by molar-refractivity contribution is -0.117. The molecular formula is C20H23ClN4O6. The summed E-state index contributed by atoms with van der Waals surface area (Å²) in [7, 11) is 2.92. The molecule has 0 spiro atoms. The van der Waals surface area contributed by atoms with E-state index in [-0.39, 0.29) is 19.7 Å². The SMILES string of the molecule is CCOC(=O)N1CCc2nn(CC(=O)Nc3cc(Cl)c(OC)cc3OC)c(=O)cc2C1. The van der Waals surface area contributed by atoms with Crippen molar-refractivity contribution in [3.8, 4) is 11.5 Å². The number of carbonyl (C=O) groups is 2. The van der Waals surface area contributed by atoms with Gasteiger partial charge in [0.15, 0.2) is 0 Å². The molecule has 0 saturated carbocycles. The standard InChI is InChI=1S/C20H23ClN4O6/c1-4-31-20(28)24-6-5-14-12(10-24)7-19(27)25(23-14)11-18(26)22-15-8-13(21)16(29-2)9-17(15)30-3/h7-9H,4-6,10-11H2,1-3H3,(H,22,26). The maximum absolute atomic E-state index is 12.5. The number of anilines is 1. The van der Waals surface area contributed by atoms with Gasteiger partial charge in [0.2, 0.25) is 5.91 Å². The zero-order chi connectivity index (χ0) is 22.5. The second-order valence-corrected chi connectivity index (χ2v) is 7.13. The molecule has 1 N–H and O–H groups in total. The van der Waals surface area contributed by atoms with E-state index in [0.29, 0.717) is 46.4 Å². The lowest BCUT2D eigenvalue weighted by Gasteiger charge is -2.27. The van der Waals surface area contributed by atoms with Gasteiger partial charge in [0, 0.05) is 30.7 Å². The van der Waals surface area contributed by atoms with E-state index in [9.17, 15) is 14.4 Å². The Kier molecular flexibility index (Phi) is 7.01. The highest BCUT2D eigenvalue weighted by Crippen LogP contribution is 2.35. The summed E-state index contributed by atoms with van der Waals surface area (Å²) in [6, 6.07) is 4.45. The predicted octanol–water partition coefficient (Wildman–Crippen LogP) is 2.07. The molecule has 31 heavy (non-hydrogen) atoms. The number of nitrogens with one attached hydrogen (secondary N) is 1. The Bertz CT molecular complexity index is 1050. The number of fused-ring (bicyclic) bond motifs is 1. The Hall–Kier alpha value is -3.27. The van der Waals surface area contributed by atoms with Gasteiger partial charge in [0.25, 0.3) is 5.56 Å². The van der Waals surface area contributed by atoms with Crippen molar-refractivity contribution in [3.05, 3.63) is 44.8 Å². The van der Waals surface area contributed by atoms with Crippen LogP contribution in [-0.2, 0) is 29.0 Å². The number of nitrogens with zero attached hydrogens (tertiary/aromatic N) is 3. The van der Waals surface area contributed by atoms with Gasteiger partial charge in [-0.25, -0.2) is 9.48 Å². The van der Waals surface area contributed by atoms with Crippen LogP contribution in [0, 0.1) is 0 Å². The Morgan fingerprint density at radius 3 is 2.61 bits per heavy atom. The van der Waals surface area contributed by atoms with E-state index in [1.54, 1.807) is 13.0 Å². The first-order valence-electron chi connectivity index (χ1n) is 9.59. The Morgan fingerprint density at radius 1 is 1.19 bits per heavy atom. The number of methoxy groups -OCH3 is 2. The van der Waals surface area contributed by atoms with E-state index in [1.165, 1.54) is 31.3 Å². The van der Waals surface area contributed by atoms with Crippen LogP contribution in [0.25, 0.3) is 0 Å². The smallest absolute Gasteiger partial charge is 0.410 e. The van der Waals surface area contributed by atoms with Gasteiger partial charge in [-0.2, -0.15) is 5.10 Å². The number of ether oxygens (including phenoxy) is 3.